The van der Waals surface area contributed by atoms with E-state index in [1.54, 1.807) is 7.11 Å². The summed E-state index contributed by atoms with van der Waals surface area (Å²) in [5.74, 6) is 1.33. The van der Waals surface area contributed by atoms with Gasteiger partial charge in [-0.05, 0) is 29.4 Å². The Morgan fingerprint density at radius 1 is 1.53 bits per heavy atom. The summed E-state index contributed by atoms with van der Waals surface area (Å²) >= 11 is 4.26. The van der Waals surface area contributed by atoms with Crippen LogP contribution in [-0.4, -0.2) is 25.3 Å². The Hall–Kier alpha value is -1.00. The van der Waals surface area contributed by atoms with Gasteiger partial charge in [-0.25, -0.2) is 0 Å². The number of methoxy groups -OCH3 is 1. The summed E-state index contributed by atoms with van der Waals surface area (Å²) in [6.45, 7) is 1.35. The highest BCUT2D eigenvalue weighted by Crippen LogP contribution is 2.26. The van der Waals surface area contributed by atoms with Crippen molar-refractivity contribution in [3.63, 3.8) is 0 Å². The van der Waals surface area contributed by atoms with Crippen molar-refractivity contribution in [1.82, 2.24) is 0 Å². The number of anilines is 1. The molecule has 92 valence electrons. The summed E-state index contributed by atoms with van der Waals surface area (Å²) in [6.07, 6.45) is 0.609. The van der Waals surface area contributed by atoms with E-state index in [2.05, 4.69) is 12.6 Å². The number of ether oxygens (including phenoxy) is 1. The summed E-state index contributed by atoms with van der Waals surface area (Å²) < 4.78 is 5.10. The van der Waals surface area contributed by atoms with Crippen LogP contribution in [-0.2, 0) is 16.1 Å². The fraction of sp³-hybridized carbons (Fsp3) is 0.462. The van der Waals surface area contributed by atoms with Gasteiger partial charge in [-0.15, -0.1) is 0 Å². The molecule has 1 aliphatic heterocycles. The first-order valence-electron chi connectivity index (χ1n) is 5.73. The smallest absolute Gasteiger partial charge is 0.227 e. The van der Waals surface area contributed by atoms with Crippen LogP contribution in [0.3, 0.4) is 0 Å². The summed E-state index contributed by atoms with van der Waals surface area (Å²) in [5, 5.41) is 0. The maximum absolute atomic E-state index is 11.9. The van der Waals surface area contributed by atoms with Gasteiger partial charge in [0.15, 0.2) is 0 Å². The van der Waals surface area contributed by atoms with Crippen molar-refractivity contribution in [2.24, 2.45) is 5.92 Å². The predicted octanol–water partition coefficient (Wildman–Crippen LogP) is 2.12. The zero-order valence-corrected chi connectivity index (χ0v) is 10.8. The molecule has 1 heterocycles. The topological polar surface area (TPSA) is 29.5 Å². The molecule has 4 heteroatoms. The van der Waals surface area contributed by atoms with Gasteiger partial charge < -0.3 is 9.64 Å². The zero-order valence-electron chi connectivity index (χ0n) is 9.93. The van der Waals surface area contributed by atoms with E-state index in [0.717, 1.165) is 23.5 Å². The van der Waals surface area contributed by atoms with E-state index in [1.165, 1.54) is 0 Å². The molecule has 0 N–H and O–H groups in total. The highest BCUT2D eigenvalue weighted by molar-refractivity contribution is 7.80. The molecule has 0 aliphatic carbocycles. The van der Waals surface area contributed by atoms with Crippen molar-refractivity contribution in [1.29, 1.82) is 0 Å². The second-order valence-electron chi connectivity index (χ2n) is 4.36. The standard InChI is InChI=1S/C13H17NO2S/c1-16-8-10-3-2-4-12(5-10)14-7-11(9-17)6-13(14)15/h2-5,11,17H,6-9H2,1H3. The second-order valence-corrected chi connectivity index (χ2v) is 4.73. The molecule has 0 bridgehead atoms. The van der Waals surface area contributed by atoms with Gasteiger partial charge in [-0.3, -0.25) is 4.79 Å². The van der Waals surface area contributed by atoms with E-state index < -0.39 is 0 Å². The summed E-state index contributed by atoms with van der Waals surface area (Å²) in [6, 6.07) is 7.95. The molecule has 1 unspecified atom stereocenters. The van der Waals surface area contributed by atoms with E-state index in [-0.39, 0.29) is 5.91 Å². The van der Waals surface area contributed by atoms with Crippen molar-refractivity contribution in [3.8, 4) is 0 Å². The van der Waals surface area contributed by atoms with Gasteiger partial charge in [0, 0.05) is 25.8 Å². The molecule has 1 aliphatic rings. The molecular weight excluding hydrogens is 234 g/mol. The maximum Gasteiger partial charge on any atom is 0.227 e. The molecular formula is C13H17NO2S. The number of carbonyl (C=O) groups excluding carboxylic acids is 1. The first-order chi connectivity index (χ1) is 8.24. The van der Waals surface area contributed by atoms with E-state index in [0.29, 0.717) is 18.9 Å². The van der Waals surface area contributed by atoms with Crippen molar-refractivity contribution in [2.45, 2.75) is 13.0 Å². The number of benzene rings is 1. The molecule has 1 aromatic carbocycles. The minimum absolute atomic E-state index is 0.193. The van der Waals surface area contributed by atoms with Crippen LogP contribution in [0.15, 0.2) is 24.3 Å². The van der Waals surface area contributed by atoms with E-state index >= 15 is 0 Å². The normalized spacial score (nSPS) is 20.0. The molecule has 1 saturated heterocycles. The fourth-order valence-electron chi connectivity index (χ4n) is 2.13. The lowest BCUT2D eigenvalue weighted by Crippen LogP contribution is -2.24. The van der Waals surface area contributed by atoms with Gasteiger partial charge in [0.25, 0.3) is 0 Å². The summed E-state index contributed by atoms with van der Waals surface area (Å²) in [4.78, 5) is 13.7. The predicted molar refractivity (Wildman–Crippen MR) is 71.5 cm³/mol. The molecule has 0 spiro atoms. The summed E-state index contributed by atoms with van der Waals surface area (Å²) in [7, 11) is 1.67. The molecule has 1 fully saturated rings. The van der Waals surface area contributed by atoms with Crippen molar-refractivity contribution in [3.05, 3.63) is 29.8 Å². The molecule has 0 saturated carbocycles. The third-order valence-electron chi connectivity index (χ3n) is 3.00. The third-order valence-corrected chi connectivity index (χ3v) is 3.51. The Bertz CT molecular complexity index is 408. The van der Waals surface area contributed by atoms with Gasteiger partial charge in [0.2, 0.25) is 5.91 Å². The monoisotopic (exact) mass is 251 g/mol. The van der Waals surface area contributed by atoms with Crippen LogP contribution >= 0.6 is 12.6 Å². The molecule has 1 atom stereocenters. The van der Waals surface area contributed by atoms with Crippen molar-refractivity contribution >= 4 is 24.2 Å². The number of rotatable bonds is 4. The van der Waals surface area contributed by atoms with Crippen LogP contribution in [0.25, 0.3) is 0 Å². The average Bonchev–Trinajstić information content (AvgIpc) is 2.71. The molecule has 0 aromatic heterocycles. The lowest BCUT2D eigenvalue weighted by molar-refractivity contribution is -0.117. The fourth-order valence-corrected chi connectivity index (χ4v) is 2.38. The lowest BCUT2D eigenvalue weighted by atomic mass is 10.1. The quantitative estimate of drug-likeness (QED) is 0.831. The number of hydrogen-bond acceptors (Lipinski definition) is 3. The van der Waals surface area contributed by atoms with Gasteiger partial charge >= 0.3 is 0 Å². The Kier molecular flexibility index (Phi) is 4.07. The first kappa shape index (κ1) is 12.5. The van der Waals surface area contributed by atoms with Gasteiger partial charge in [-0.2, -0.15) is 12.6 Å². The maximum atomic E-state index is 11.9. The van der Waals surface area contributed by atoms with Crippen molar-refractivity contribution in [2.75, 3.05) is 24.3 Å². The van der Waals surface area contributed by atoms with E-state index in [1.807, 2.05) is 29.2 Å². The lowest BCUT2D eigenvalue weighted by Gasteiger charge is -2.17. The van der Waals surface area contributed by atoms with Gasteiger partial charge in [-0.1, -0.05) is 12.1 Å². The van der Waals surface area contributed by atoms with Crippen LogP contribution < -0.4 is 4.90 Å². The van der Waals surface area contributed by atoms with Crippen LogP contribution in [0.1, 0.15) is 12.0 Å². The highest BCUT2D eigenvalue weighted by atomic mass is 32.1. The largest absolute Gasteiger partial charge is 0.380 e. The number of nitrogens with zero attached hydrogens (tertiary/aromatic N) is 1. The molecule has 0 radical (unpaired) electrons. The molecule has 3 nitrogen and oxygen atoms in total. The third kappa shape index (κ3) is 2.82. The number of thiol groups is 1. The number of hydrogen-bond donors (Lipinski definition) is 1. The molecule has 2 rings (SSSR count). The Balaban J connectivity index is 2.16. The van der Waals surface area contributed by atoms with Gasteiger partial charge in [0.05, 0.1) is 6.61 Å². The van der Waals surface area contributed by atoms with Crippen LogP contribution in [0.2, 0.25) is 0 Å². The Morgan fingerprint density at radius 2 is 2.35 bits per heavy atom. The van der Waals surface area contributed by atoms with Gasteiger partial charge in [0.1, 0.15) is 0 Å². The first-order valence-corrected chi connectivity index (χ1v) is 6.37. The number of amides is 1. The van der Waals surface area contributed by atoms with Crippen molar-refractivity contribution < 1.29 is 9.53 Å². The molecule has 1 amide bonds. The molecule has 1 aromatic rings. The van der Waals surface area contributed by atoms with Crippen LogP contribution in [0, 0.1) is 5.92 Å². The highest BCUT2D eigenvalue weighted by Gasteiger charge is 2.29. The van der Waals surface area contributed by atoms with Crippen LogP contribution in [0.4, 0.5) is 5.69 Å². The minimum atomic E-state index is 0.193. The minimum Gasteiger partial charge on any atom is -0.380 e. The van der Waals surface area contributed by atoms with E-state index in [9.17, 15) is 4.79 Å². The zero-order chi connectivity index (χ0) is 12.3. The second kappa shape index (κ2) is 5.56. The Labute approximate surface area is 107 Å². The SMILES string of the molecule is COCc1cccc(N2CC(CS)CC2=O)c1. The summed E-state index contributed by atoms with van der Waals surface area (Å²) in [5.41, 5.74) is 2.06. The number of carbonyl (C=O) groups is 1. The van der Waals surface area contributed by atoms with Crippen LogP contribution in [0.5, 0.6) is 0 Å². The molecule has 17 heavy (non-hydrogen) atoms. The average molecular weight is 251 g/mol. The Morgan fingerprint density at radius 3 is 3.00 bits per heavy atom. The van der Waals surface area contributed by atoms with E-state index in [4.69, 9.17) is 4.74 Å².